The van der Waals surface area contributed by atoms with Crippen LogP contribution in [0.5, 0.6) is 0 Å². The lowest BCUT2D eigenvalue weighted by atomic mass is 9.35. The summed E-state index contributed by atoms with van der Waals surface area (Å²) in [6.45, 7) is 26.6. The average molecular weight is 757 g/mol. The zero-order valence-corrected chi connectivity index (χ0v) is 36.5. The molecule has 0 spiro atoms. The quantitative estimate of drug-likeness (QED) is 0.243. The first-order valence-electron chi connectivity index (χ1n) is 21.3. The van der Waals surface area contributed by atoms with Gasteiger partial charge in [0.2, 0.25) is 0 Å². The van der Waals surface area contributed by atoms with Gasteiger partial charge < -0.3 is 19.3 Å². The molecule has 6 heteroatoms. The van der Waals surface area contributed by atoms with Crippen molar-refractivity contribution in [3.63, 3.8) is 0 Å². The van der Waals surface area contributed by atoms with Gasteiger partial charge in [0.05, 0.1) is 22.3 Å². The summed E-state index contributed by atoms with van der Waals surface area (Å²) in [6, 6.07) is 11.9. The summed E-state index contributed by atoms with van der Waals surface area (Å²) in [5, 5.41) is 12.5. The van der Waals surface area contributed by atoms with Crippen LogP contribution in [0.2, 0.25) is 0 Å². The zero-order valence-electron chi connectivity index (χ0n) is 36.5. The van der Waals surface area contributed by atoms with Crippen molar-refractivity contribution in [3.8, 4) is 0 Å². The Kier molecular flexibility index (Phi) is 11.1. The molecular formula is C49H72O6. The Labute approximate surface area is 332 Å². The highest BCUT2D eigenvalue weighted by atomic mass is 16.5. The summed E-state index contributed by atoms with van der Waals surface area (Å²) in [4.78, 5) is 27.9. The predicted octanol–water partition coefficient (Wildman–Crippen LogP) is 11.3. The first kappa shape index (κ1) is 41.9. The maximum absolute atomic E-state index is 14.2. The lowest BCUT2D eigenvalue weighted by Gasteiger charge is -2.70. The third-order valence-corrected chi connectivity index (χ3v) is 16.5. The number of carbonyl (C=O) groups excluding carboxylic acids is 2. The van der Waals surface area contributed by atoms with Crippen molar-refractivity contribution >= 4 is 11.9 Å². The van der Waals surface area contributed by atoms with Crippen LogP contribution in [0.4, 0.5) is 0 Å². The molecule has 4 aliphatic carbocycles. The average Bonchev–Trinajstić information content (AvgIpc) is 3.46. The summed E-state index contributed by atoms with van der Waals surface area (Å²) in [7, 11) is 1.76. The molecule has 55 heavy (non-hydrogen) atoms. The van der Waals surface area contributed by atoms with Crippen molar-refractivity contribution in [3.05, 3.63) is 69.8 Å². The van der Waals surface area contributed by atoms with E-state index in [4.69, 9.17) is 14.2 Å². The van der Waals surface area contributed by atoms with Gasteiger partial charge in [0, 0.05) is 18.4 Å². The number of methoxy groups -OCH3 is 1. The molecular weight excluding hydrogens is 685 g/mol. The molecule has 10 atom stereocenters. The fourth-order valence-electron chi connectivity index (χ4n) is 13.5. The van der Waals surface area contributed by atoms with E-state index in [-0.39, 0.29) is 63.2 Å². The molecule has 6 nitrogen and oxygen atoms in total. The molecule has 0 aliphatic heterocycles. The molecule has 4 fully saturated rings. The Bertz CT molecular complexity index is 1730. The highest BCUT2D eigenvalue weighted by Gasteiger charge is 2.72. The van der Waals surface area contributed by atoms with Crippen LogP contribution in [0.3, 0.4) is 0 Å². The Balaban J connectivity index is 1.33. The molecule has 4 aliphatic rings. The zero-order chi connectivity index (χ0) is 40.5. The number of hydrogen-bond donors (Lipinski definition) is 1. The Morgan fingerprint density at radius 3 is 1.78 bits per heavy atom. The SMILES string of the molecule is COC(C)(C)CCC[C@@](C)(O)[C@H]1CC[C@]2(C)[C@@H]1[C@H](OC(=O)c1cc(C)cc(C)c1)C[C@@H]1[C@@]3(C)CC[C@H](OC(=O)c4cc(C)cc(C)c4)C(C)(C)[C@@H]3CC[C@]12C. The summed E-state index contributed by atoms with van der Waals surface area (Å²) < 4.78 is 19.0. The van der Waals surface area contributed by atoms with Crippen molar-refractivity contribution in [1.29, 1.82) is 0 Å². The van der Waals surface area contributed by atoms with Crippen LogP contribution in [0, 0.1) is 73.0 Å². The summed E-state index contributed by atoms with van der Waals surface area (Å²) in [6.07, 6.45) is 8.55. The van der Waals surface area contributed by atoms with Gasteiger partial charge in [0.1, 0.15) is 12.2 Å². The monoisotopic (exact) mass is 757 g/mol. The van der Waals surface area contributed by atoms with Crippen molar-refractivity contribution in [2.75, 3.05) is 7.11 Å². The largest absolute Gasteiger partial charge is 0.458 e. The fraction of sp³-hybridized carbons (Fsp3) is 0.714. The fourth-order valence-corrected chi connectivity index (χ4v) is 13.5. The summed E-state index contributed by atoms with van der Waals surface area (Å²) in [5.41, 5.74) is 3.92. The van der Waals surface area contributed by atoms with E-state index in [0.717, 1.165) is 80.0 Å². The number of rotatable bonds is 10. The van der Waals surface area contributed by atoms with Crippen LogP contribution in [0.25, 0.3) is 0 Å². The molecule has 0 unspecified atom stereocenters. The molecule has 4 saturated carbocycles. The topological polar surface area (TPSA) is 82.1 Å². The van der Waals surface area contributed by atoms with Crippen LogP contribution >= 0.6 is 0 Å². The van der Waals surface area contributed by atoms with E-state index in [1.165, 1.54) is 0 Å². The number of esters is 2. The van der Waals surface area contributed by atoms with Gasteiger partial charge in [-0.05, 0) is 171 Å². The van der Waals surface area contributed by atoms with Crippen LogP contribution in [0.15, 0.2) is 36.4 Å². The van der Waals surface area contributed by atoms with Gasteiger partial charge in [-0.15, -0.1) is 0 Å². The van der Waals surface area contributed by atoms with Crippen molar-refractivity contribution in [2.24, 2.45) is 45.3 Å². The normalized spacial score (nSPS) is 35.2. The maximum Gasteiger partial charge on any atom is 0.338 e. The number of aryl methyl sites for hydroxylation is 4. The Morgan fingerprint density at radius 2 is 1.24 bits per heavy atom. The van der Waals surface area contributed by atoms with Crippen molar-refractivity contribution in [1.82, 2.24) is 0 Å². The number of ether oxygens (including phenoxy) is 3. The number of hydrogen-bond acceptors (Lipinski definition) is 6. The van der Waals surface area contributed by atoms with E-state index in [0.29, 0.717) is 29.4 Å². The molecule has 2 aromatic carbocycles. The van der Waals surface area contributed by atoms with Crippen molar-refractivity contribution < 1.29 is 28.9 Å². The molecule has 1 N–H and O–H groups in total. The first-order valence-corrected chi connectivity index (χ1v) is 21.3. The van der Waals surface area contributed by atoms with Crippen LogP contribution in [0.1, 0.15) is 163 Å². The molecule has 0 radical (unpaired) electrons. The van der Waals surface area contributed by atoms with E-state index in [9.17, 15) is 14.7 Å². The minimum absolute atomic E-state index is 0.00664. The summed E-state index contributed by atoms with van der Waals surface area (Å²) >= 11 is 0. The van der Waals surface area contributed by atoms with Gasteiger partial charge in [-0.25, -0.2) is 9.59 Å². The first-order chi connectivity index (χ1) is 25.5. The predicted molar refractivity (Wildman–Crippen MR) is 220 cm³/mol. The van der Waals surface area contributed by atoms with E-state index in [2.05, 4.69) is 60.6 Å². The molecule has 6 rings (SSSR count). The number of benzene rings is 2. The van der Waals surface area contributed by atoms with Gasteiger partial charge >= 0.3 is 11.9 Å². The van der Waals surface area contributed by atoms with Crippen LogP contribution in [-0.4, -0.2) is 47.6 Å². The van der Waals surface area contributed by atoms with Crippen molar-refractivity contribution in [2.45, 2.75) is 171 Å². The van der Waals surface area contributed by atoms with Crippen LogP contribution in [-0.2, 0) is 14.2 Å². The minimum atomic E-state index is -0.902. The standard InChI is InChI=1S/C49H72O6/c1-30-23-31(2)26-34(25-30)42(50)54-37-29-39-46(9)20-17-40(55-43(51)35-27-32(3)24-33(4)28-35)45(7,8)38(46)16-22-47(39,10)48(11)21-15-36(41(37)48)49(12,52)19-14-18-44(5,6)53-13/h23-28,36-41,52H,14-22,29H2,1-13H3/t36-,37+,38-,39+,40-,41-,46-,47+,48+,49+/m0/s1. The van der Waals surface area contributed by atoms with Gasteiger partial charge in [0.15, 0.2) is 0 Å². The lowest BCUT2D eigenvalue weighted by molar-refractivity contribution is -0.246. The Morgan fingerprint density at radius 1 is 0.709 bits per heavy atom. The molecule has 0 heterocycles. The van der Waals surface area contributed by atoms with Gasteiger partial charge in [-0.3, -0.25) is 0 Å². The maximum atomic E-state index is 14.2. The van der Waals surface area contributed by atoms with E-state index in [1.54, 1.807) is 7.11 Å². The minimum Gasteiger partial charge on any atom is -0.458 e. The molecule has 2 aromatic rings. The second-order valence-corrected chi connectivity index (χ2v) is 21.0. The molecule has 0 aromatic heterocycles. The number of aliphatic hydroxyl groups is 1. The van der Waals surface area contributed by atoms with Gasteiger partial charge in [-0.1, -0.05) is 69.0 Å². The second kappa shape index (κ2) is 14.6. The lowest BCUT2D eigenvalue weighted by Crippen LogP contribution is -2.67. The highest BCUT2D eigenvalue weighted by Crippen LogP contribution is 2.76. The summed E-state index contributed by atoms with van der Waals surface area (Å²) in [5.74, 6) is 0.213. The van der Waals surface area contributed by atoms with E-state index < -0.39 is 5.60 Å². The van der Waals surface area contributed by atoms with E-state index >= 15 is 0 Å². The molecule has 304 valence electrons. The third-order valence-electron chi connectivity index (χ3n) is 16.5. The highest BCUT2D eigenvalue weighted by molar-refractivity contribution is 5.90. The molecule has 0 amide bonds. The van der Waals surface area contributed by atoms with E-state index in [1.807, 2.05) is 58.9 Å². The Hall–Kier alpha value is -2.70. The van der Waals surface area contributed by atoms with Gasteiger partial charge in [-0.2, -0.15) is 0 Å². The number of fused-ring (bicyclic) bond motifs is 5. The molecule has 0 saturated heterocycles. The van der Waals surface area contributed by atoms with Gasteiger partial charge in [0.25, 0.3) is 0 Å². The molecule has 0 bridgehead atoms. The smallest absolute Gasteiger partial charge is 0.338 e. The number of carbonyl (C=O) groups is 2. The van der Waals surface area contributed by atoms with Crippen LogP contribution < -0.4 is 0 Å². The second-order valence-electron chi connectivity index (χ2n) is 21.0. The third kappa shape index (κ3) is 7.46.